The molecular formula is C22H19BrFN3O4. The van der Waals surface area contributed by atoms with Gasteiger partial charge in [-0.15, -0.1) is 0 Å². The van der Waals surface area contributed by atoms with Gasteiger partial charge in [0.25, 0.3) is 11.8 Å². The van der Waals surface area contributed by atoms with Crippen molar-refractivity contribution < 1.29 is 23.5 Å². The molecule has 1 aliphatic rings. The second-order valence-electron chi connectivity index (χ2n) is 6.60. The molecular weight excluding hydrogens is 469 g/mol. The molecule has 1 N–H and O–H groups in total. The van der Waals surface area contributed by atoms with E-state index in [0.29, 0.717) is 47.8 Å². The van der Waals surface area contributed by atoms with Crippen molar-refractivity contribution in [3.63, 3.8) is 0 Å². The fraction of sp³-hybridized carbons (Fsp3) is 0.227. The molecule has 0 saturated carbocycles. The normalized spacial score (nSPS) is 14.0. The molecule has 1 saturated heterocycles. The molecule has 1 fully saturated rings. The lowest BCUT2D eigenvalue weighted by molar-refractivity contribution is -0.137. The number of benzene rings is 2. The molecule has 2 amide bonds. The van der Waals surface area contributed by atoms with Crippen LogP contribution in [0.15, 0.2) is 52.5 Å². The van der Waals surface area contributed by atoms with Crippen molar-refractivity contribution in [2.45, 2.75) is 0 Å². The van der Waals surface area contributed by atoms with Gasteiger partial charge >= 0.3 is 0 Å². The predicted molar refractivity (Wildman–Crippen MR) is 116 cm³/mol. The van der Waals surface area contributed by atoms with Crippen molar-refractivity contribution >= 4 is 39.5 Å². The van der Waals surface area contributed by atoms with Crippen molar-refractivity contribution in [1.82, 2.24) is 4.90 Å². The first-order valence-corrected chi connectivity index (χ1v) is 10.2. The molecule has 7 nitrogen and oxygen atoms in total. The maximum Gasteiger partial charge on any atom is 0.266 e. The summed E-state index contributed by atoms with van der Waals surface area (Å²) in [5.74, 6) is -0.689. The molecule has 0 atom stereocenters. The summed E-state index contributed by atoms with van der Waals surface area (Å²) in [6, 6.07) is 12.1. The molecule has 0 spiro atoms. The first kappa shape index (κ1) is 22.5. The lowest BCUT2D eigenvalue weighted by Gasteiger charge is -2.26. The number of hydrogen-bond donors (Lipinski definition) is 1. The lowest BCUT2D eigenvalue weighted by atomic mass is 10.1. The average Bonchev–Trinajstić information content (AvgIpc) is 2.78. The van der Waals surface area contributed by atoms with Crippen molar-refractivity contribution in [3.8, 4) is 11.8 Å². The van der Waals surface area contributed by atoms with Crippen LogP contribution in [0.1, 0.15) is 5.56 Å². The van der Waals surface area contributed by atoms with Gasteiger partial charge in [-0.05, 0) is 64.0 Å². The molecule has 0 unspecified atom stereocenters. The number of anilines is 1. The molecule has 3 rings (SSSR count). The fourth-order valence-corrected chi connectivity index (χ4v) is 3.33. The number of ether oxygens (including phenoxy) is 2. The Kier molecular flexibility index (Phi) is 7.76. The summed E-state index contributed by atoms with van der Waals surface area (Å²) in [6.07, 6.45) is 1.42. The number of amides is 2. The monoisotopic (exact) mass is 487 g/mol. The Morgan fingerprint density at radius 2 is 1.94 bits per heavy atom. The van der Waals surface area contributed by atoms with Gasteiger partial charge in [-0.25, -0.2) is 4.39 Å². The third kappa shape index (κ3) is 6.38. The van der Waals surface area contributed by atoms with E-state index in [1.165, 1.54) is 30.3 Å². The molecule has 1 aliphatic heterocycles. The van der Waals surface area contributed by atoms with Gasteiger partial charge < -0.3 is 19.7 Å². The number of nitrogens with one attached hydrogen (secondary N) is 1. The summed E-state index contributed by atoms with van der Waals surface area (Å²) in [4.78, 5) is 26.2. The summed E-state index contributed by atoms with van der Waals surface area (Å²) < 4.78 is 24.4. The summed E-state index contributed by atoms with van der Waals surface area (Å²) in [5, 5.41) is 11.9. The molecule has 31 heavy (non-hydrogen) atoms. The van der Waals surface area contributed by atoms with E-state index in [4.69, 9.17) is 9.47 Å². The molecule has 2 aromatic rings. The highest BCUT2D eigenvalue weighted by Gasteiger charge is 2.17. The second-order valence-corrected chi connectivity index (χ2v) is 7.46. The molecule has 0 aliphatic carbocycles. The SMILES string of the molecule is N#C/C(=C/c1ccc(OCC(=O)N2CCOCC2)c(Br)c1)C(=O)Nc1ccc(F)cc1. The molecule has 0 bridgehead atoms. The van der Waals surface area contributed by atoms with E-state index < -0.39 is 11.7 Å². The van der Waals surface area contributed by atoms with Crippen LogP contribution < -0.4 is 10.1 Å². The first-order valence-electron chi connectivity index (χ1n) is 9.43. The van der Waals surface area contributed by atoms with Crippen LogP contribution in [0.2, 0.25) is 0 Å². The number of nitriles is 1. The highest BCUT2D eigenvalue weighted by molar-refractivity contribution is 9.10. The van der Waals surface area contributed by atoms with E-state index in [1.54, 1.807) is 23.1 Å². The standard InChI is InChI=1S/C22H19BrFN3O4/c23-19-12-15(1-6-20(19)31-14-21(28)27-7-9-30-10-8-27)11-16(13-25)22(29)26-18-4-2-17(24)3-5-18/h1-6,11-12H,7-10,14H2,(H,26,29)/b16-11-. The van der Waals surface area contributed by atoms with Gasteiger partial charge in [0.15, 0.2) is 6.61 Å². The van der Waals surface area contributed by atoms with Crippen LogP contribution in [-0.2, 0) is 14.3 Å². The maximum absolute atomic E-state index is 13.0. The Balaban J connectivity index is 1.63. The smallest absolute Gasteiger partial charge is 0.266 e. The Hall–Kier alpha value is -3.22. The third-order valence-electron chi connectivity index (χ3n) is 4.45. The zero-order valence-electron chi connectivity index (χ0n) is 16.4. The number of halogens is 2. The van der Waals surface area contributed by atoms with Gasteiger partial charge in [0.05, 0.1) is 17.7 Å². The zero-order chi connectivity index (χ0) is 22.2. The van der Waals surface area contributed by atoms with Gasteiger partial charge in [0, 0.05) is 18.8 Å². The fourth-order valence-electron chi connectivity index (χ4n) is 2.81. The number of hydrogen-bond acceptors (Lipinski definition) is 5. The second kappa shape index (κ2) is 10.7. The summed E-state index contributed by atoms with van der Waals surface area (Å²) in [7, 11) is 0. The zero-order valence-corrected chi connectivity index (χ0v) is 18.0. The number of carbonyl (C=O) groups excluding carboxylic acids is 2. The predicted octanol–water partition coefficient (Wildman–Crippen LogP) is 3.37. The minimum Gasteiger partial charge on any atom is -0.483 e. The first-order chi connectivity index (χ1) is 15.0. The molecule has 160 valence electrons. The van der Waals surface area contributed by atoms with E-state index in [2.05, 4.69) is 21.2 Å². The van der Waals surface area contributed by atoms with E-state index in [9.17, 15) is 19.2 Å². The van der Waals surface area contributed by atoms with Gasteiger partial charge in [0.1, 0.15) is 23.2 Å². The van der Waals surface area contributed by atoms with Crippen molar-refractivity contribution in [3.05, 3.63) is 63.9 Å². The van der Waals surface area contributed by atoms with Crippen molar-refractivity contribution in [1.29, 1.82) is 5.26 Å². The van der Waals surface area contributed by atoms with Crippen LogP contribution in [0.3, 0.4) is 0 Å². The Morgan fingerprint density at radius 1 is 1.23 bits per heavy atom. The van der Waals surface area contributed by atoms with E-state index in [1.807, 2.05) is 6.07 Å². The average molecular weight is 488 g/mol. The molecule has 0 aromatic heterocycles. The van der Waals surface area contributed by atoms with Crippen LogP contribution in [0, 0.1) is 17.1 Å². The summed E-state index contributed by atoms with van der Waals surface area (Å²) in [5.41, 5.74) is 0.847. The van der Waals surface area contributed by atoms with E-state index in [0.717, 1.165) is 0 Å². The van der Waals surface area contributed by atoms with Gasteiger partial charge in [-0.3, -0.25) is 9.59 Å². The number of nitrogens with zero attached hydrogens (tertiary/aromatic N) is 2. The van der Waals surface area contributed by atoms with Crippen LogP contribution in [0.25, 0.3) is 6.08 Å². The van der Waals surface area contributed by atoms with E-state index >= 15 is 0 Å². The molecule has 9 heteroatoms. The Labute approximate surface area is 187 Å². The minimum atomic E-state index is -0.610. The summed E-state index contributed by atoms with van der Waals surface area (Å²) >= 11 is 3.38. The third-order valence-corrected chi connectivity index (χ3v) is 5.07. The van der Waals surface area contributed by atoms with E-state index in [-0.39, 0.29) is 18.1 Å². The largest absolute Gasteiger partial charge is 0.483 e. The summed E-state index contributed by atoms with van der Waals surface area (Å²) in [6.45, 7) is 2.03. The van der Waals surface area contributed by atoms with Gasteiger partial charge in [0.2, 0.25) is 0 Å². The van der Waals surface area contributed by atoms with Gasteiger partial charge in [-0.1, -0.05) is 6.07 Å². The number of carbonyl (C=O) groups is 2. The maximum atomic E-state index is 13.0. The van der Waals surface area contributed by atoms with Crippen LogP contribution in [0.5, 0.6) is 5.75 Å². The highest BCUT2D eigenvalue weighted by Crippen LogP contribution is 2.27. The Morgan fingerprint density at radius 3 is 2.58 bits per heavy atom. The van der Waals surface area contributed by atoms with Crippen molar-refractivity contribution in [2.24, 2.45) is 0 Å². The molecule has 1 heterocycles. The quantitative estimate of drug-likeness (QED) is 0.498. The van der Waals surface area contributed by atoms with Gasteiger partial charge in [-0.2, -0.15) is 5.26 Å². The Bertz CT molecular complexity index is 1030. The molecule has 2 aromatic carbocycles. The van der Waals surface area contributed by atoms with Crippen LogP contribution in [0.4, 0.5) is 10.1 Å². The topological polar surface area (TPSA) is 91.7 Å². The lowest BCUT2D eigenvalue weighted by Crippen LogP contribution is -2.43. The number of morpholine rings is 1. The molecule has 0 radical (unpaired) electrons. The minimum absolute atomic E-state index is 0.0999. The van der Waals surface area contributed by atoms with Crippen LogP contribution >= 0.6 is 15.9 Å². The van der Waals surface area contributed by atoms with Crippen LogP contribution in [-0.4, -0.2) is 49.6 Å². The van der Waals surface area contributed by atoms with Crippen molar-refractivity contribution in [2.75, 3.05) is 38.2 Å². The number of rotatable bonds is 6. The highest BCUT2D eigenvalue weighted by atomic mass is 79.9.